The predicted octanol–water partition coefficient (Wildman–Crippen LogP) is 4.48. The molecular formula is C27H41NO6S. The fraction of sp³-hybridized carbons (Fsp3) is 0.741. The molecule has 3 heterocycles. The highest BCUT2D eigenvalue weighted by Gasteiger charge is 2.52. The third-order valence-corrected chi connectivity index (χ3v) is 8.61. The second kappa shape index (κ2) is 11.2. The molecule has 2 aliphatic rings. The molecule has 1 aromatic rings. The van der Waals surface area contributed by atoms with Gasteiger partial charge in [-0.3, -0.25) is 9.59 Å². The number of epoxide rings is 1. The standard InChI is InChI=1S/C27H41NO6S/c1-7-20-24(31)16(2)9-8-12-27(6)22(34-27)13-19(11-10-18-15-35-17(3)28-18)33-23(30)14-21(29)26(4,5)25(20)32/h10-11,15-16,19-22,24,29,31H,7-9,12-14H2,1-6H3/t16-,19+,20+,21-,22-,24-,27+/m0/s1. The van der Waals surface area contributed by atoms with Gasteiger partial charge in [-0.15, -0.1) is 11.3 Å². The lowest BCUT2D eigenvalue weighted by molar-refractivity contribution is -0.154. The van der Waals surface area contributed by atoms with E-state index < -0.39 is 35.6 Å². The Morgan fingerprint density at radius 1 is 1.26 bits per heavy atom. The van der Waals surface area contributed by atoms with Gasteiger partial charge in [-0.05, 0) is 51.2 Å². The van der Waals surface area contributed by atoms with Crippen LogP contribution in [0.25, 0.3) is 6.08 Å². The Bertz CT molecular complexity index is 927. The third-order valence-electron chi connectivity index (χ3n) is 7.82. The van der Waals surface area contributed by atoms with E-state index in [1.807, 2.05) is 38.3 Å². The number of fused-ring (bicyclic) bond motifs is 1. The van der Waals surface area contributed by atoms with Crippen LogP contribution < -0.4 is 0 Å². The number of aryl methyl sites for hydroxylation is 1. The van der Waals surface area contributed by atoms with Gasteiger partial charge >= 0.3 is 5.97 Å². The van der Waals surface area contributed by atoms with Gasteiger partial charge in [-0.25, -0.2) is 4.98 Å². The minimum absolute atomic E-state index is 0.0402. The van der Waals surface area contributed by atoms with Crippen molar-refractivity contribution < 1.29 is 29.3 Å². The normalized spacial score (nSPS) is 37.1. The minimum Gasteiger partial charge on any atom is -0.458 e. The van der Waals surface area contributed by atoms with Gasteiger partial charge in [0.25, 0.3) is 0 Å². The highest BCUT2D eigenvalue weighted by molar-refractivity contribution is 7.09. The summed E-state index contributed by atoms with van der Waals surface area (Å²) >= 11 is 1.55. The number of rotatable bonds is 3. The smallest absolute Gasteiger partial charge is 0.309 e. The van der Waals surface area contributed by atoms with E-state index >= 15 is 0 Å². The number of carbonyl (C=O) groups is 2. The number of thiazole rings is 1. The van der Waals surface area contributed by atoms with Crippen LogP contribution in [-0.4, -0.2) is 57.0 Å². The summed E-state index contributed by atoms with van der Waals surface area (Å²) in [6.07, 6.45) is 4.23. The summed E-state index contributed by atoms with van der Waals surface area (Å²) in [7, 11) is 0. The number of esters is 1. The Labute approximate surface area is 212 Å². The highest BCUT2D eigenvalue weighted by Crippen LogP contribution is 2.44. The number of aromatic nitrogens is 1. The molecule has 2 N–H and O–H groups in total. The zero-order chi connectivity index (χ0) is 26.0. The van der Waals surface area contributed by atoms with Crippen molar-refractivity contribution in [2.45, 2.75) is 110 Å². The number of ketones is 1. The average Bonchev–Trinajstić information content (AvgIpc) is 3.21. The minimum atomic E-state index is -1.22. The summed E-state index contributed by atoms with van der Waals surface area (Å²) in [5.74, 6) is -1.46. The summed E-state index contributed by atoms with van der Waals surface area (Å²) in [5, 5.41) is 24.8. The van der Waals surface area contributed by atoms with Gasteiger partial charge in [0, 0.05) is 17.7 Å². The first kappa shape index (κ1) is 28.0. The van der Waals surface area contributed by atoms with Gasteiger partial charge in [-0.2, -0.15) is 0 Å². The van der Waals surface area contributed by atoms with Gasteiger partial charge in [-0.1, -0.05) is 34.1 Å². The van der Waals surface area contributed by atoms with Crippen molar-refractivity contribution in [2.75, 3.05) is 0 Å². The molecule has 0 amide bonds. The van der Waals surface area contributed by atoms with E-state index in [0.717, 1.165) is 30.0 Å². The topological polar surface area (TPSA) is 109 Å². The maximum absolute atomic E-state index is 13.4. The SMILES string of the molecule is CC[C@H]1C(=O)C(C)(C)[C@@H](O)CC(=O)O[C@H](C=Cc2csc(C)n2)C[C@@H]2O[C@]2(C)CCC[C@H](C)[C@@H]1O. The van der Waals surface area contributed by atoms with E-state index in [1.165, 1.54) is 0 Å². The quantitative estimate of drug-likeness (QED) is 0.459. The molecule has 2 fully saturated rings. The van der Waals surface area contributed by atoms with Crippen LogP contribution in [0.2, 0.25) is 0 Å². The molecule has 0 radical (unpaired) electrons. The van der Waals surface area contributed by atoms with E-state index in [0.29, 0.717) is 12.8 Å². The van der Waals surface area contributed by atoms with E-state index in [2.05, 4.69) is 11.9 Å². The Balaban J connectivity index is 1.83. The molecule has 196 valence electrons. The van der Waals surface area contributed by atoms with Crippen LogP contribution in [0.1, 0.15) is 83.8 Å². The second-order valence-electron chi connectivity index (χ2n) is 11.0. The molecule has 0 unspecified atom stereocenters. The lowest BCUT2D eigenvalue weighted by Gasteiger charge is -2.35. The summed E-state index contributed by atoms with van der Waals surface area (Å²) in [4.78, 5) is 30.7. The number of aliphatic hydroxyl groups is 2. The van der Waals surface area contributed by atoms with Crippen molar-refractivity contribution in [1.82, 2.24) is 4.98 Å². The van der Waals surface area contributed by atoms with Crippen LogP contribution in [0.3, 0.4) is 0 Å². The molecule has 0 saturated carbocycles. The number of carbonyl (C=O) groups excluding carboxylic acids is 2. The first-order chi connectivity index (χ1) is 16.4. The first-order valence-electron chi connectivity index (χ1n) is 12.8. The second-order valence-corrected chi connectivity index (χ2v) is 12.1. The zero-order valence-corrected chi connectivity index (χ0v) is 22.6. The van der Waals surface area contributed by atoms with Crippen molar-refractivity contribution in [3.63, 3.8) is 0 Å². The number of ether oxygens (including phenoxy) is 2. The van der Waals surface area contributed by atoms with Gasteiger partial charge in [0.15, 0.2) is 0 Å². The van der Waals surface area contributed by atoms with Crippen LogP contribution in [0.15, 0.2) is 11.5 Å². The molecule has 35 heavy (non-hydrogen) atoms. The third kappa shape index (κ3) is 6.79. The van der Waals surface area contributed by atoms with Gasteiger partial charge in [0.05, 0.1) is 46.5 Å². The molecule has 0 bridgehead atoms. The van der Waals surface area contributed by atoms with Crippen LogP contribution in [0, 0.1) is 24.2 Å². The van der Waals surface area contributed by atoms with Crippen molar-refractivity contribution in [1.29, 1.82) is 0 Å². The molecule has 1 aromatic heterocycles. The van der Waals surface area contributed by atoms with Crippen molar-refractivity contribution >= 4 is 29.2 Å². The molecule has 0 aliphatic carbocycles. The summed E-state index contributed by atoms with van der Waals surface area (Å²) in [6.45, 7) is 11.1. The molecule has 0 aromatic carbocycles. The van der Waals surface area contributed by atoms with Crippen LogP contribution in [0.5, 0.6) is 0 Å². The van der Waals surface area contributed by atoms with Crippen molar-refractivity contribution in [2.24, 2.45) is 17.3 Å². The Morgan fingerprint density at radius 2 is 1.97 bits per heavy atom. The number of aliphatic hydroxyl groups excluding tert-OH is 2. The average molecular weight is 508 g/mol. The fourth-order valence-corrected chi connectivity index (χ4v) is 5.62. The first-order valence-corrected chi connectivity index (χ1v) is 13.6. The maximum atomic E-state index is 13.4. The zero-order valence-electron chi connectivity index (χ0n) is 21.8. The monoisotopic (exact) mass is 507 g/mol. The fourth-order valence-electron chi connectivity index (χ4n) is 5.04. The molecule has 3 rings (SSSR count). The van der Waals surface area contributed by atoms with E-state index in [4.69, 9.17) is 9.47 Å². The summed E-state index contributed by atoms with van der Waals surface area (Å²) < 4.78 is 11.8. The number of nitrogens with zero attached hydrogens (tertiary/aromatic N) is 1. The van der Waals surface area contributed by atoms with Gasteiger partial charge < -0.3 is 19.7 Å². The van der Waals surface area contributed by atoms with Crippen molar-refractivity contribution in [3.8, 4) is 0 Å². The summed E-state index contributed by atoms with van der Waals surface area (Å²) in [6, 6.07) is 0. The van der Waals surface area contributed by atoms with E-state index in [-0.39, 0.29) is 29.8 Å². The Hall–Kier alpha value is -1.61. The molecule has 0 spiro atoms. The lowest BCUT2D eigenvalue weighted by Crippen LogP contribution is -2.46. The molecule has 2 aliphatic heterocycles. The van der Waals surface area contributed by atoms with Gasteiger partial charge in [0.1, 0.15) is 11.9 Å². The predicted molar refractivity (Wildman–Crippen MR) is 136 cm³/mol. The van der Waals surface area contributed by atoms with Crippen LogP contribution in [-0.2, 0) is 19.1 Å². The number of hydrogen-bond donors (Lipinski definition) is 2. The number of cyclic esters (lactones) is 1. The molecule has 8 heteroatoms. The van der Waals surface area contributed by atoms with Crippen molar-refractivity contribution in [3.05, 3.63) is 22.2 Å². The molecule has 7 atom stereocenters. The largest absolute Gasteiger partial charge is 0.458 e. The van der Waals surface area contributed by atoms with Crippen LogP contribution in [0.4, 0.5) is 0 Å². The Morgan fingerprint density at radius 3 is 2.60 bits per heavy atom. The highest BCUT2D eigenvalue weighted by atomic mass is 32.1. The van der Waals surface area contributed by atoms with Gasteiger partial charge in [0.2, 0.25) is 0 Å². The number of Topliss-reactive ketones (excluding diaryl/α,β-unsaturated/α-hetero) is 1. The van der Waals surface area contributed by atoms with E-state index in [1.54, 1.807) is 25.2 Å². The number of hydrogen-bond acceptors (Lipinski definition) is 8. The summed E-state index contributed by atoms with van der Waals surface area (Å²) in [5.41, 5.74) is -0.682. The molecule has 7 nitrogen and oxygen atoms in total. The maximum Gasteiger partial charge on any atom is 0.309 e. The van der Waals surface area contributed by atoms with E-state index in [9.17, 15) is 19.8 Å². The molecule has 2 saturated heterocycles. The molecular weight excluding hydrogens is 466 g/mol. The Kier molecular flexibility index (Phi) is 8.95. The lowest BCUT2D eigenvalue weighted by atomic mass is 9.71. The van der Waals surface area contributed by atoms with Crippen LogP contribution >= 0.6 is 11.3 Å².